The molecule has 15 heavy (non-hydrogen) atoms. The topological polar surface area (TPSA) is 12.5 Å². The summed E-state index contributed by atoms with van der Waals surface area (Å²) in [5, 5.41) is 0.742. The van der Waals surface area contributed by atoms with Gasteiger partial charge in [0.05, 0.1) is 0 Å². The fourth-order valence-corrected chi connectivity index (χ4v) is 1.49. The Kier molecular flexibility index (Phi) is 5.51. The fourth-order valence-electron chi connectivity index (χ4n) is 1.36. The van der Waals surface area contributed by atoms with Crippen molar-refractivity contribution < 1.29 is 4.74 Å². The first-order valence-corrected chi connectivity index (χ1v) is 5.74. The Morgan fingerprint density at radius 3 is 2.27 bits per heavy atom. The fraction of sp³-hybridized carbons (Fsp3) is 0.500. The molecule has 0 radical (unpaired) electrons. The van der Waals surface area contributed by atoms with Crippen molar-refractivity contribution in [3.63, 3.8) is 0 Å². The molecule has 0 aliphatic carbocycles. The highest BCUT2D eigenvalue weighted by Gasteiger charge is 1.99. The number of rotatable bonds is 6. The van der Waals surface area contributed by atoms with Crippen molar-refractivity contribution >= 4 is 11.6 Å². The highest BCUT2D eigenvalue weighted by molar-refractivity contribution is 6.30. The van der Waals surface area contributed by atoms with Crippen molar-refractivity contribution in [3.8, 4) is 5.75 Å². The number of ether oxygens (including phenoxy) is 1. The van der Waals surface area contributed by atoms with Crippen molar-refractivity contribution in [2.75, 3.05) is 26.2 Å². The van der Waals surface area contributed by atoms with Crippen molar-refractivity contribution in [2.24, 2.45) is 0 Å². The summed E-state index contributed by atoms with van der Waals surface area (Å²) in [6.07, 6.45) is 0. The van der Waals surface area contributed by atoms with Gasteiger partial charge in [-0.05, 0) is 37.4 Å². The quantitative estimate of drug-likeness (QED) is 0.741. The zero-order valence-electron chi connectivity index (χ0n) is 9.37. The van der Waals surface area contributed by atoms with Crippen LogP contribution >= 0.6 is 11.6 Å². The van der Waals surface area contributed by atoms with E-state index >= 15 is 0 Å². The van der Waals surface area contributed by atoms with Crippen LogP contribution in [0.4, 0.5) is 0 Å². The molecule has 0 saturated heterocycles. The molecule has 0 saturated carbocycles. The van der Waals surface area contributed by atoms with Gasteiger partial charge in [0.1, 0.15) is 12.4 Å². The second-order valence-electron chi connectivity index (χ2n) is 3.33. The lowest BCUT2D eigenvalue weighted by Gasteiger charge is -2.17. The van der Waals surface area contributed by atoms with Gasteiger partial charge in [-0.3, -0.25) is 0 Å². The molecule has 0 aliphatic heterocycles. The normalized spacial score (nSPS) is 10.7. The molecule has 0 aromatic heterocycles. The van der Waals surface area contributed by atoms with Crippen LogP contribution in [0.15, 0.2) is 24.3 Å². The summed E-state index contributed by atoms with van der Waals surface area (Å²) in [5.74, 6) is 0.881. The Labute approximate surface area is 96.8 Å². The van der Waals surface area contributed by atoms with Gasteiger partial charge in [-0.15, -0.1) is 0 Å². The second kappa shape index (κ2) is 6.70. The molecule has 1 aromatic rings. The third-order valence-corrected chi connectivity index (χ3v) is 2.64. The highest BCUT2D eigenvalue weighted by atomic mass is 35.5. The molecule has 0 aliphatic rings. The Morgan fingerprint density at radius 1 is 1.13 bits per heavy atom. The lowest BCUT2D eigenvalue weighted by molar-refractivity contribution is 0.223. The molecule has 0 fully saturated rings. The van der Waals surface area contributed by atoms with Crippen molar-refractivity contribution in [3.05, 3.63) is 29.3 Å². The Morgan fingerprint density at radius 2 is 1.73 bits per heavy atom. The van der Waals surface area contributed by atoms with Gasteiger partial charge in [-0.1, -0.05) is 25.4 Å². The monoisotopic (exact) mass is 227 g/mol. The van der Waals surface area contributed by atoms with E-state index in [1.54, 1.807) is 0 Å². The van der Waals surface area contributed by atoms with Crippen molar-refractivity contribution in [1.82, 2.24) is 4.90 Å². The summed E-state index contributed by atoms with van der Waals surface area (Å²) in [5.41, 5.74) is 0. The molecular weight excluding hydrogens is 210 g/mol. The number of likely N-dealkylation sites (N-methyl/N-ethyl adjacent to an activating group) is 1. The summed E-state index contributed by atoms with van der Waals surface area (Å²) < 4.78 is 5.59. The molecule has 0 heterocycles. The molecule has 1 aromatic carbocycles. The van der Waals surface area contributed by atoms with Crippen LogP contribution in [0.1, 0.15) is 13.8 Å². The standard InChI is InChI=1S/C12H18ClNO/c1-3-14(4-2)9-10-15-12-7-5-11(13)6-8-12/h5-8H,3-4,9-10H2,1-2H3. The second-order valence-corrected chi connectivity index (χ2v) is 3.77. The van der Waals surface area contributed by atoms with E-state index < -0.39 is 0 Å². The van der Waals surface area contributed by atoms with Crippen LogP contribution in [0.5, 0.6) is 5.75 Å². The molecule has 0 amide bonds. The molecule has 0 unspecified atom stereocenters. The summed E-state index contributed by atoms with van der Waals surface area (Å²) in [6.45, 7) is 8.15. The van der Waals surface area contributed by atoms with Gasteiger partial charge in [-0.2, -0.15) is 0 Å². The highest BCUT2D eigenvalue weighted by Crippen LogP contribution is 2.15. The van der Waals surface area contributed by atoms with Crippen LogP contribution in [0.2, 0.25) is 5.02 Å². The number of benzene rings is 1. The van der Waals surface area contributed by atoms with Gasteiger partial charge in [0.2, 0.25) is 0 Å². The summed E-state index contributed by atoms with van der Waals surface area (Å²) in [6, 6.07) is 7.47. The van der Waals surface area contributed by atoms with E-state index in [1.807, 2.05) is 24.3 Å². The van der Waals surface area contributed by atoms with Gasteiger partial charge >= 0.3 is 0 Å². The van der Waals surface area contributed by atoms with E-state index in [4.69, 9.17) is 16.3 Å². The van der Waals surface area contributed by atoms with Crippen LogP contribution in [-0.4, -0.2) is 31.1 Å². The minimum Gasteiger partial charge on any atom is -0.492 e. The molecule has 2 nitrogen and oxygen atoms in total. The van der Waals surface area contributed by atoms with E-state index in [0.717, 1.165) is 37.0 Å². The maximum Gasteiger partial charge on any atom is 0.119 e. The molecule has 0 N–H and O–H groups in total. The van der Waals surface area contributed by atoms with Crippen molar-refractivity contribution in [1.29, 1.82) is 0 Å². The largest absolute Gasteiger partial charge is 0.492 e. The predicted octanol–water partition coefficient (Wildman–Crippen LogP) is 3.06. The first-order valence-electron chi connectivity index (χ1n) is 5.37. The molecule has 0 bridgehead atoms. The van der Waals surface area contributed by atoms with Crippen LogP contribution in [0.25, 0.3) is 0 Å². The molecule has 84 valence electrons. The van der Waals surface area contributed by atoms with Crippen LogP contribution in [0, 0.1) is 0 Å². The number of hydrogen-bond acceptors (Lipinski definition) is 2. The molecule has 0 spiro atoms. The third kappa shape index (κ3) is 4.54. The first-order chi connectivity index (χ1) is 7.26. The summed E-state index contributed by atoms with van der Waals surface area (Å²) in [7, 11) is 0. The average Bonchev–Trinajstić information content (AvgIpc) is 2.27. The van der Waals surface area contributed by atoms with Crippen LogP contribution < -0.4 is 4.74 Å². The van der Waals surface area contributed by atoms with Gasteiger partial charge in [0.25, 0.3) is 0 Å². The van der Waals surface area contributed by atoms with E-state index in [1.165, 1.54) is 0 Å². The van der Waals surface area contributed by atoms with Gasteiger partial charge in [0.15, 0.2) is 0 Å². The minimum atomic E-state index is 0.726. The van der Waals surface area contributed by atoms with Gasteiger partial charge in [0, 0.05) is 11.6 Å². The number of nitrogens with zero attached hydrogens (tertiary/aromatic N) is 1. The van der Waals surface area contributed by atoms with Gasteiger partial charge in [-0.25, -0.2) is 0 Å². The molecule has 3 heteroatoms. The molecule has 1 rings (SSSR count). The minimum absolute atomic E-state index is 0.726. The SMILES string of the molecule is CCN(CC)CCOc1ccc(Cl)cc1. The predicted molar refractivity (Wildman–Crippen MR) is 64.7 cm³/mol. The van der Waals surface area contributed by atoms with Crippen LogP contribution in [-0.2, 0) is 0 Å². The van der Waals surface area contributed by atoms with E-state index in [9.17, 15) is 0 Å². The third-order valence-electron chi connectivity index (χ3n) is 2.38. The maximum absolute atomic E-state index is 5.78. The lowest BCUT2D eigenvalue weighted by atomic mass is 10.3. The Bertz CT molecular complexity index is 269. The number of halogens is 1. The summed E-state index contributed by atoms with van der Waals surface area (Å²) >= 11 is 5.78. The molecule has 0 atom stereocenters. The van der Waals surface area contributed by atoms with E-state index in [2.05, 4.69) is 18.7 Å². The van der Waals surface area contributed by atoms with Gasteiger partial charge < -0.3 is 9.64 Å². The average molecular weight is 228 g/mol. The maximum atomic E-state index is 5.78. The van der Waals surface area contributed by atoms with E-state index in [-0.39, 0.29) is 0 Å². The van der Waals surface area contributed by atoms with Crippen molar-refractivity contribution in [2.45, 2.75) is 13.8 Å². The summed E-state index contributed by atoms with van der Waals surface area (Å²) in [4.78, 5) is 2.33. The smallest absolute Gasteiger partial charge is 0.119 e. The number of hydrogen-bond donors (Lipinski definition) is 0. The Hall–Kier alpha value is -0.730. The zero-order chi connectivity index (χ0) is 11.1. The lowest BCUT2D eigenvalue weighted by Crippen LogP contribution is -2.27. The zero-order valence-corrected chi connectivity index (χ0v) is 10.1. The van der Waals surface area contributed by atoms with Crippen LogP contribution in [0.3, 0.4) is 0 Å². The first kappa shape index (κ1) is 12.3. The molecular formula is C12H18ClNO. The Balaban J connectivity index is 2.28. The van der Waals surface area contributed by atoms with E-state index in [0.29, 0.717) is 0 Å².